The molecule has 0 spiro atoms. The highest BCUT2D eigenvalue weighted by molar-refractivity contribution is 6.22. The van der Waals surface area contributed by atoms with Crippen LogP contribution in [0.4, 0.5) is 0 Å². The topological polar surface area (TPSA) is 57.4 Å². The fraction of sp³-hybridized carbons (Fsp3) is 0.250. The summed E-state index contributed by atoms with van der Waals surface area (Å²) in [5.74, 6) is 0. The fourth-order valence-corrected chi connectivity index (χ4v) is 5.43. The van der Waals surface area contributed by atoms with Gasteiger partial charge in [0.1, 0.15) is 12.1 Å². The van der Waals surface area contributed by atoms with Crippen molar-refractivity contribution in [2.24, 2.45) is 0 Å². The monoisotopic (exact) mass is 362 g/mol. The molecule has 2 aromatic heterocycles. The summed E-state index contributed by atoms with van der Waals surface area (Å²) in [5.41, 5.74) is 6.93. The van der Waals surface area contributed by atoms with Crippen LogP contribution in [-0.4, -0.2) is 9.13 Å². The molecular weight excluding hydrogens is 344 g/mol. The van der Waals surface area contributed by atoms with Crippen LogP contribution in [0.5, 0.6) is 0 Å². The van der Waals surface area contributed by atoms with E-state index in [2.05, 4.69) is 58.5 Å². The van der Waals surface area contributed by atoms with Gasteiger partial charge in [-0.25, -0.2) is 0 Å². The number of aryl methyl sites for hydroxylation is 1. The summed E-state index contributed by atoms with van der Waals surface area (Å²) in [6, 6.07) is 13.4. The summed E-state index contributed by atoms with van der Waals surface area (Å²) in [7, 11) is 0. The zero-order valence-corrected chi connectivity index (χ0v) is 15.7. The van der Waals surface area contributed by atoms with E-state index in [4.69, 9.17) is 0 Å². The van der Waals surface area contributed by atoms with E-state index in [1.807, 2.05) is 6.07 Å². The lowest BCUT2D eigenvalue weighted by molar-refractivity contribution is 0.495. The van der Waals surface area contributed by atoms with Crippen LogP contribution in [0.2, 0.25) is 0 Å². The van der Waals surface area contributed by atoms with Gasteiger partial charge < -0.3 is 9.13 Å². The number of fused-ring (bicyclic) bond motifs is 6. The lowest BCUT2D eigenvalue weighted by Crippen LogP contribution is -2.08. The maximum atomic E-state index is 10.1. The van der Waals surface area contributed by atoms with Gasteiger partial charge in [-0.15, -0.1) is 0 Å². The van der Waals surface area contributed by atoms with Gasteiger partial charge in [-0.3, -0.25) is 0 Å². The van der Waals surface area contributed by atoms with Crippen LogP contribution in [0.15, 0.2) is 30.3 Å². The molecule has 0 N–H and O–H groups in total. The predicted octanol–water partition coefficient (Wildman–Crippen LogP) is 5.42. The third kappa shape index (κ3) is 1.65. The molecule has 0 radical (unpaired) electrons. The number of benzene rings is 2. The Morgan fingerprint density at radius 2 is 1.82 bits per heavy atom. The summed E-state index contributed by atoms with van der Waals surface area (Å²) in [6.07, 6.45) is 7.39. The van der Waals surface area contributed by atoms with Gasteiger partial charge in [-0.1, -0.05) is 30.4 Å². The zero-order chi connectivity index (χ0) is 19.0. The van der Waals surface area contributed by atoms with Crippen molar-refractivity contribution < 1.29 is 0 Å². The molecule has 3 heterocycles. The zero-order valence-electron chi connectivity index (χ0n) is 15.7. The van der Waals surface area contributed by atoms with Gasteiger partial charge in [0.2, 0.25) is 0 Å². The van der Waals surface area contributed by atoms with E-state index < -0.39 is 0 Å². The smallest absolute Gasteiger partial charge is 0.101 e. The number of hydrogen-bond donors (Lipinski definition) is 0. The van der Waals surface area contributed by atoms with E-state index in [-0.39, 0.29) is 0 Å². The molecule has 134 valence electrons. The molecule has 0 saturated heterocycles. The van der Waals surface area contributed by atoms with Crippen LogP contribution in [0.3, 0.4) is 0 Å². The van der Waals surface area contributed by atoms with Gasteiger partial charge in [0.25, 0.3) is 0 Å². The van der Waals surface area contributed by atoms with Crippen molar-refractivity contribution in [3.05, 3.63) is 52.7 Å². The Hall–Kier alpha value is -3.50. The Labute approximate surface area is 162 Å². The lowest BCUT2D eigenvalue weighted by Gasteiger charge is -2.16. The second-order valence-corrected chi connectivity index (χ2v) is 7.90. The molecule has 4 aromatic rings. The summed E-state index contributed by atoms with van der Waals surface area (Å²) in [5, 5.41) is 23.2. The van der Waals surface area contributed by atoms with Crippen molar-refractivity contribution in [2.45, 2.75) is 38.8 Å². The van der Waals surface area contributed by atoms with Crippen LogP contribution >= 0.6 is 0 Å². The normalized spacial score (nSPS) is 17.8. The predicted molar refractivity (Wildman–Crippen MR) is 111 cm³/mol. The Morgan fingerprint density at radius 1 is 1.04 bits per heavy atom. The van der Waals surface area contributed by atoms with E-state index in [0.29, 0.717) is 17.2 Å². The molecular formula is C24H18N4. The second-order valence-electron chi connectivity index (χ2n) is 7.90. The molecule has 1 aliphatic heterocycles. The van der Waals surface area contributed by atoms with Gasteiger partial charge >= 0.3 is 0 Å². The Kier molecular flexibility index (Phi) is 2.93. The van der Waals surface area contributed by atoms with Gasteiger partial charge in [-0.2, -0.15) is 10.5 Å². The number of rotatable bonds is 0. The standard InChI is InChI=1S/C24H18N4/c1-14-10-11-27-19-8-4-2-6-15(19)21-17(12-25)18(13-26)22-16-7-3-5-9-20(16)28(14)24(22)23(21)27/h2-3,5-7,9,14H,4,8,10-11H2,1H3. The van der Waals surface area contributed by atoms with E-state index >= 15 is 0 Å². The molecule has 4 heteroatoms. The highest BCUT2D eigenvalue weighted by atomic mass is 15.1. The third-order valence-electron chi connectivity index (χ3n) is 6.56. The van der Waals surface area contributed by atoms with E-state index in [1.54, 1.807) is 0 Å². The molecule has 0 fully saturated rings. The Morgan fingerprint density at radius 3 is 2.64 bits per heavy atom. The fourth-order valence-electron chi connectivity index (χ4n) is 5.43. The first-order chi connectivity index (χ1) is 13.8. The minimum atomic E-state index is 0.333. The molecule has 1 aliphatic carbocycles. The summed E-state index contributed by atoms with van der Waals surface area (Å²) < 4.78 is 4.85. The Bertz CT molecular complexity index is 1450. The van der Waals surface area contributed by atoms with Crippen LogP contribution in [0.25, 0.3) is 38.8 Å². The van der Waals surface area contributed by atoms with Crippen molar-refractivity contribution in [1.82, 2.24) is 9.13 Å². The molecule has 1 unspecified atom stereocenters. The molecule has 0 saturated carbocycles. The minimum Gasteiger partial charge on any atom is -0.342 e. The van der Waals surface area contributed by atoms with E-state index in [9.17, 15) is 10.5 Å². The molecule has 6 rings (SSSR count). The van der Waals surface area contributed by atoms with Crippen molar-refractivity contribution in [3.63, 3.8) is 0 Å². The molecule has 0 bridgehead atoms. The van der Waals surface area contributed by atoms with Gasteiger partial charge in [-0.05, 0) is 32.3 Å². The highest BCUT2D eigenvalue weighted by Crippen LogP contribution is 2.46. The maximum absolute atomic E-state index is 10.1. The number of para-hydroxylation sites is 1. The van der Waals surface area contributed by atoms with Crippen LogP contribution < -0.4 is 0 Å². The average Bonchev–Trinajstić information content (AvgIpc) is 3.19. The average molecular weight is 362 g/mol. The summed E-state index contributed by atoms with van der Waals surface area (Å²) in [6.45, 7) is 3.21. The van der Waals surface area contributed by atoms with Crippen molar-refractivity contribution in [3.8, 4) is 12.1 Å². The number of nitrogens with zero attached hydrogens (tertiary/aromatic N) is 4. The number of nitriles is 2. The maximum Gasteiger partial charge on any atom is 0.101 e. The number of aromatic nitrogens is 2. The van der Waals surface area contributed by atoms with Crippen LogP contribution in [-0.2, 0) is 13.0 Å². The molecule has 0 amide bonds. The number of hydrogen-bond acceptors (Lipinski definition) is 2. The summed E-state index contributed by atoms with van der Waals surface area (Å²) >= 11 is 0. The van der Waals surface area contributed by atoms with Crippen molar-refractivity contribution >= 4 is 38.8 Å². The lowest BCUT2D eigenvalue weighted by atomic mass is 9.94. The first kappa shape index (κ1) is 15.5. The third-order valence-corrected chi connectivity index (χ3v) is 6.56. The quantitative estimate of drug-likeness (QED) is 0.419. The van der Waals surface area contributed by atoms with E-state index in [0.717, 1.165) is 64.1 Å². The first-order valence-electron chi connectivity index (χ1n) is 9.86. The molecule has 4 nitrogen and oxygen atoms in total. The largest absolute Gasteiger partial charge is 0.342 e. The molecule has 1 atom stereocenters. The second kappa shape index (κ2) is 5.27. The highest BCUT2D eigenvalue weighted by Gasteiger charge is 2.31. The van der Waals surface area contributed by atoms with E-state index in [1.165, 1.54) is 5.69 Å². The van der Waals surface area contributed by atoms with Crippen LogP contribution in [0, 0.1) is 22.7 Å². The minimum absolute atomic E-state index is 0.333. The van der Waals surface area contributed by atoms with Gasteiger partial charge in [0.15, 0.2) is 0 Å². The van der Waals surface area contributed by atoms with Crippen molar-refractivity contribution in [1.29, 1.82) is 10.5 Å². The molecule has 2 aliphatic rings. The molecule has 28 heavy (non-hydrogen) atoms. The Balaban J connectivity index is 2.04. The first-order valence-corrected chi connectivity index (χ1v) is 9.86. The van der Waals surface area contributed by atoms with Gasteiger partial charge in [0.05, 0.1) is 22.2 Å². The molecule has 2 aromatic carbocycles. The van der Waals surface area contributed by atoms with Crippen LogP contribution in [0.1, 0.15) is 48.2 Å². The SMILES string of the molecule is CC1CCn2c3c(c4c(C#N)c(C#N)c5c6ccccc6n1c5c42)C=CCC3. The summed E-state index contributed by atoms with van der Waals surface area (Å²) in [4.78, 5) is 0. The number of allylic oxidation sites excluding steroid dienone is 1. The van der Waals surface area contributed by atoms with Crippen molar-refractivity contribution in [2.75, 3.05) is 0 Å². The van der Waals surface area contributed by atoms with Gasteiger partial charge in [0, 0.05) is 45.5 Å².